The Morgan fingerprint density at radius 3 is 2.12 bits per heavy atom. The van der Waals surface area contributed by atoms with E-state index in [1.807, 2.05) is 30.3 Å². The van der Waals surface area contributed by atoms with Crippen LogP contribution in [0.1, 0.15) is 27.5 Å². The van der Waals surface area contributed by atoms with Gasteiger partial charge in [-0.25, -0.2) is 8.78 Å². The highest BCUT2D eigenvalue weighted by Crippen LogP contribution is 2.39. The number of benzene rings is 3. The second-order valence-electron chi connectivity index (χ2n) is 7.18. The molecule has 3 aromatic rings. The molecule has 2 amide bonds. The van der Waals surface area contributed by atoms with Gasteiger partial charge in [0.05, 0.1) is 14.2 Å². The summed E-state index contributed by atoms with van der Waals surface area (Å²) in [7, 11) is 4.20. The molecule has 0 heterocycles. The van der Waals surface area contributed by atoms with Crippen LogP contribution in [0.5, 0.6) is 17.2 Å². The predicted molar refractivity (Wildman–Crippen MR) is 121 cm³/mol. The van der Waals surface area contributed by atoms with E-state index in [1.54, 1.807) is 0 Å². The smallest absolute Gasteiger partial charge is 0.252 e. The maximum Gasteiger partial charge on any atom is 0.252 e. The predicted octanol–water partition coefficient (Wildman–Crippen LogP) is 3.78. The average molecular weight is 470 g/mol. The first-order valence-electron chi connectivity index (χ1n) is 10.3. The maximum absolute atomic E-state index is 13.7. The van der Waals surface area contributed by atoms with Gasteiger partial charge >= 0.3 is 0 Å². The quantitative estimate of drug-likeness (QED) is 0.497. The molecule has 0 fully saturated rings. The monoisotopic (exact) mass is 470 g/mol. The van der Waals surface area contributed by atoms with Crippen LogP contribution in [0.4, 0.5) is 8.78 Å². The largest absolute Gasteiger partial charge is 0.493 e. The van der Waals surface area contributed by atoms with Crippen molar-refractivity contribution < 1.29 is 32.6 Å². The van der Waals surface area contributed by atoms with Gasteiger partial charge in [0, 0.05) is 12.6 Å². The lowest BCUT2D eigenvalue weighted by Crippen LogP contribution is -2.39. The van der Waals surface area contributed by atoms with Crippen molar-refractivity contribution in [3.8, 4) is 17.2 Å². The molecule has 7 nitrogen and oxygen atoms in total. The molecule has 0 aromatic heterocycles. The first kappa shape index (κ1) is 24.5. The molecular formula is C25H24F2N2O5. The molecule has 3 aromatic carbocycles. The minimum absolute atomic E-state index is 0.0772. The minimum Gasteiger partial charge on any atom is -0.493 e. The van der Waals surface area contributed by atoms with Gasteiger partial charge in [0.25, 0.3) is 5.91 Å². The standard InChI is InChI=1S/C25H24F2N2O5/c1-28-25(31)22(16-9-10-18(26)19(27)11-16)29-24(30)17-12-20(32-2)23(21(13-17)33-3)34-14-15-7-5-4-6-8-15/h4-13,22H,14H2,1-3H3,(H,28,31)(H,29,30). The Kier molecular flexibility index (Phi) is 8.02. The van der Waals surface area contributed by atoms with Crippen molar-refractivity contribution in [1.82, 2.24) is 10.6 Å². The molecule has 0 aliphatic carbocycles. The summed E-state index contributed by atoms with van der Waals surface area (Å²) >= 11 is 0. The lowest BCUT2D eigenvalue weighted by Gasteiger charge is -2.19. The lowest BCUT2D eigenvalue weighted by atomic mass is 10.0. The van der Waals surface area contributed by atoms with Crippen molar-refractivity contribution in [1.29, 1.82) is 0 Å². The van der Waals surface area contributed by atoms with Crippen LogP contribution >= 0.6 is 0 Å². The average Bonchev–Trinajstić information content (AvgIpc) is 2.87. The molecule has 0 saturated heterocycles. The third-order valence-electron chi connectivity index (χ3n) is 5.01. The zero-order valence-corrected chi connectivity index (χ0v) is 18.9. The zero-order valence-electron chi connectivity index (χ0n) is 18.9. The number of hydrogen-bond acceptors (Lipinski definition) is 5. The van der Waals surface area contributed by atoms with E-state index in [4.69, 9.17) is 14.2 Å². The molecule has 178 valence electrons. The van der Waals surface area contributed by atoms with Crippen molar-refractivity contribution >= 4 is 11.8 Å². The topological polar surface area (TPSA) is 85.9 Å². The third-order valence-corrected chi connectivity index (χ3v) is 5.01. The number of amides is 2. The fraction of sp³-hybridized carbons (Fsp3) is 0.200. The number of carbonyl (C=O) groups excluding carboxylic acids is 2. The van der Waals surface area contributed by atoms with Crippen LogP contribution in [-0.4, -0.2) is 33.1 Å². The Hall–Kier alpha value is -4.14. The summed E-state index contributed by atoms with van der Waals surface area (Å²) in [5.41, 5.74) is 1.11. The summed E-state index contributed by atoms with van der Waals surface area (Å²) in [5.74, 6) is -2.69. The number of methoxy groups -OCH3 is 2. The van der Waals surface area contributed by atoms with Gasteiger partial charge in [-0.1, -0.05) is 36.4 Å². The summed E-state index contributed by atoms with van der Waals surface area (Å²) in [5, 5.41) is 4.94. The number of ether oxygens (including phenoxy) is 3. The van der Waals surface area contributed by atoms with Crippen molar-refractivity contribution in [2.24, 2.45) is 0 Å². The number of carbonyl (C=O) groups is 2. The van der Waals surface area contributed by atoms with E-state index in [9.17, 15) is 18.4 Å². The summed E-state index contributed by atoms with van der Waals surface area (Å²) < 4.78 is 43.8. The molecule has 0 bridgehead atoms. The molecule has 0 spiro atoms. The van der Waals surface area contributed by atoms with Crippen LogP contribution in [0.15, 0.2) is 60.7 Å². The fourth-order valence-electron chi connectivity index (χ4n) is 3.23. The molecule has 1 unspecified atom stereocenters. The summed E-state index contributed by atoms with van der Waals surface area (Å²) in [6, 6.07) is 14.0. The highest BCUT2D eigenvalue weighted by molar-refractivity contribution is 5.98. The highest BCUT2D eigenvalue weighted by atomic mass is 19.2. The van der Waals surface area contributed by atoms with E-state index in [0.717, 1.165) is 17.7 Å². The molecule has 9 heteroatoms. The Bertz CT molecular complexity index is 1150. The number of nitrogens with one attached hydrogen (secondary N) is 2. The summed E-state index contributed by atoms with van der Waals surface area (Å²) in [4.78, 5) is 25.4. The third kappa shape index (κ3) is 5.61. The Morgan fingerprint density at radius 2 is 1.56 bits per heavy atom. The molecule has 3 rings (SSSR count). The molecule has 34 heavy (non-hydrogen) atoms. The van der Waals surface area contributed by atoms with E-state index in [2.05, 4.69) is 10.6 Å². The van der Waals surface area contributed by atoms with Crippen LogP contribution in [0, 0.1) is 11.6 Å². The van der Waals surface area contributed by atoms with Crippen molar-refractivity contribution in [2.75, 3.05) is 21.3 Å². The van der Waals surface area contributed by atoms with Gasteiger partial charge in [-0.15, -0.1) is 0 Å². The van der Waals surface area contributed by atoms with Crippen LogP contribution in [-0.2, 0) is 11.4 Å². The van der Waals surface area contributed by atoms with Crippen LogP contribution < -0.4 is 24.8 Å². The van der Waals surface area contributed by atoms with Gasteiger partial charge < -0.3 is 24.8 Å². The van der Waals surface area contributed by atoms with E-state index in [-0.39, 0.29) is 29.2 Å². The molecule has 0 radical (unpaired) electrons. The molecular weight excluding hydrogens is 446 g/mol. The Labute approximate surface area is 195 Å². The molecule has 0 aliphatic rings. The zero-order chi connectivity index (χ0) is 24.7. The van der Waals surface area contributed by atoms with Crippen LogP contribution in [0.2, 0.25) is 0 Å². The maximum atomic E-state index is 13.7. The van der Waals surface area contributed by atoms with Crippen molar-refractivity contribution in [2.45, 2.75) is 12.6 Å². The number of hydrogen-bond donors (Lipinski definition) is 2. The van der Waals surface area contributed by atoms with Crippen LogP contribution in [0.3, 0.4) is 0 Å². The second-order valence-corrected chi connectivity index (χ2v) is 7.18. The first-order valence-corrected chi connectivity index (χ1v) is 10.3. The van der Waals surface area contributed by atoms with Gasteiger partial charge in [-0.2, -0.15) is 0 Å². The first-order chi connectivity index (χ1) is 16.4. The summed E-state index contributed by atoms with van der Waals surface area (Å²) in [6.07, 6.45) is 0. The SMILES string of the molecule is CNC(=O)C(NC(=O)c1cc(OC)c(OCc2ccccc2)c(OC)c1)c1ccc(F)c(F)c1. The summed E-state index contributed by atoms with van der Waals surface area (Å²) in [6.45, 7) is 0.244. The van der Waals surface area contributed by atoms with Gasteiger partial charge in [0.2, 0.25) is 11.7 Å². The van der Waals surface area contributed by atoms with E-state index >= 15 is 0 Å². The van der Waals surface area contributed by atoms with Crippen molar-refractivity contribution in [3.63, 3.8) is 0 Å². The van der Waals surface area contributed by atoms with Gasteiger partial charge in [-0.3, -0.25) is 9.59 Å². The number of likely N-dealkylation sites (N-methyl/N-ethyl adjacent to an activating group) is 1. The molecule has 0 aliphatic heterocycles. The van der Waals surface area contributed by atoms with Gasteiger partial charge in [-0.05, 0) is 35.4 Å². The minimum atomic E-state index is -1.27. The highest BCUT2D eigenvalue weighted by Gasteiger charge is 2.25. The van der Waals surface area contributed by atoms with Gasteiger partial charge in [0.15, 0.2) is 23.1 Å². The van der Waals surface area contributed by atoms with E-state index < -0.39 is 29.5 Å². The van der Waals surface area contributed by atoms with E-state index in [1.165, 1.54) is 39.5 Å². The van der Waals surface area contributed by atoms with Crippen molar-refractivity contribution in [3.05, 3.63) is 89.0 Å². The van der Waals surface area contributed by atoms with Crippen LogP contribution in [0.25, 0.3) is 0 Å². The number of rotatable bonds is 9. The molecule has 1 atom stereocenters. The normalized spacial score (nSPS) is 11.3. The fourth-order valence-corrected chi connectivity index (χ4v) is 3.23. The molecule has 2 N–H and O–H groups in total. The Balaban J connectivity index is 1.89. The van der Waals surface area contributed by atoms with E-state index in [0.29, 0.717) is 5.75 Å². The molecule has 0 saturated carbocycles. The van der Waals surface area contributed by atoms with Gasteiger partial charge in [0.1, 0.15) is 12.6 Å². The lowest BCUT2D eigenvalue weighted by molar-refractivity contribution is -0.122. The Morgan fingerprint density at radius 1 is 0.912 bits per heavy atom. The second kappa shape index (κ2) is 11.1. The number of halogens is 2.